The Labute approximate surface area is 121 Å². The van der Waals surface area contributed by atoms with Crippen LogP contribution in [0, 0.1) is 0 Å². The van der Waals surface area contributed by atoms with Gasteiger partial charge in [-0.2, -0.15) is 0 Å². The summed E-state index contributed by atoms with van der Waals surface area (Å²) < 4.78 is 5.54. The van der Waals surface area contributed by atoms with Crippen LogP contribution in [0.1, 0.15) is 44.1 Å². The van der Waals surface area contributed by atoms with Crippen molar-refractivity contribution >= 4 is 11.6 Å². The molecule has 1 aromatic rings. The Morgan fingerprint density at radius 1 is 1.26 bits per heavy atom. The number of benzene rings is 1. The smallest absolute Gasteiger partial charge is 0.0591 e. The van der Waals surface area contributed by atoms with Gasteiger partial charge in [0.1, 0.15) is 0 Å². The summed E-state index contributed by atoms with van der Waals surface area (Å²) in [7, 11) is 0. The summed E-state index contributed by atoms with van der Waals surface area (Å²) in [4.78, 5) is 0. The maximum absolute atomic E-state index is 6.21. The van der Waals surface area contributed by atoms with Crippen LogP contribution in [0.4, 0.5) is 0 Å². The second kappa shape index (κ2) is 7.88. The molecule has 0 spiro atoms. The minimum atomic E-state index is 0.632. The molecule has 0 atom stereocenters. The van der Waals surface area contributed by atoms with Crippen molar-refractivity contribution in [2.24, 2.45) is 0 Å². The van der Waals surface area contributed by atoms with Crippen LogP contribution in [-0.4, -0.2) is 25.8 Å². The van der Waals surface area contributed by atoms with Crippen molar-refractivity contribution in [1.82, 2.24) is 5.32 Å². The molecule has 1 fully saturated rings. The van der Waals surface area contributed by atoms with Gasteiger partial charge in [-0.3, -0.25) is 0 Å². The standard InChI is InChI=1S/C16H24ClNO/c1-2-3-9-19-10-8-18-14-11-13(12-14)15-6-4-5-7-16(15)17/h4-7,13-14,18H,2-3,8-12H2,1H3. The van der Waals surface area contributed by atoms with Crippen molar-refractivity contribution in [3.63, 3.8) is 0 Å². The second-order valence-electron chi connectivity index (χ2n) is 5.31. The van der Waals surface area contributed by atoms with E-state index in [0.717, 1.165) is 31.2 Å². The van der Waals surface area contributed by atoms with Crippen molar-refractivity contribution in [2.75, 3.05) is 19.8 Å². The lowest BCUT2D eigenvalue weighted by Gasteiger charge is -2.36. The van der Waals surface area contributed by atoms with Crippen LogP contribution in [0.25, 0.3) is 0 Å². The molecular weight excluding hydrogens is 258 g/mol. The summed E-state index contributed by atoms with van der Waals surface area (Å²) in [6, 6.07) is 8.84. The Balaban J connectivity index is 1.58. The average molecular weight is 282 g/mol. The van der Waals surface area contributed by atoms with E-state index in [9.17, 15) is 0 Å². The Morgan fingerprint density at radius 3 is 2.79 bits per heavy atom. The normalized spacial score (nSPS) is 22.2. The van der Waals surface area contributed by atoms with Crippen LogP contribution in [0.2, 0.25) is 5.02 Å². The monoisotopic (exact) mass is 281 g/mol. The lowest BCUT2D eigenvalue weighted by molar-refractivity contribution is 0.126. The van der Waals surface area contributed by atoms with Gasteiger partial charge in [0.25, 0.3) is 0 Å². The molecule has 0 unspecified atom stereocenters. The molecule has 106 valence electrons. The van der Waals surface area contributed by atoms with Gasteiger partial charge in [-0.05, 0) is 36.8 Å². The van der Waals surface area contributed by atoms with E-state index in [4.69, 9.17) is 16.3 Å². The number of hydrogen-bond acceptors (Lipinski definition) is 2. The minimum Gasteiger partial charge on any atom is -0.380 e. The molecule has 19 heavy (non-hydrogen) atoms. The van der Waals surface area contributed by atoms with E-state index in [1.165, 1.54) is 24.8 Å². The molecule has 1 aliphatic rings. The molecule has 1 aliphatic carbocycles. The van der Waals surface area contributed by atoms with E-state index in [1.54, 1.807) is 0 Å². The first-order chi connectivity index (χ1) is 9.31. The molecule has 3 heteroatoms. The van der Waals surface area contributed by atoms with Crippen LogP contribution in [0.15, 0.2) is 24.3 Å². The first-order valence-corrected chi connectivity index (χ1v) is 7.74. The number of halogens is 1. The van der Waals surface area contributed by atoms with Crippen molar-refractivity contribution in [2.45, 2.75) is 44.6 Å². The van der Waals surface area contributed by atoms with Gasteiger partial charge in [-0.15, -0.1) is 0 Å². The number of unbranched alkanes of at least 4 members (excludes halogenated alkanes) is 1. The molecule has 2 nitrogen and oxygen atoms in total. The highest BCUT2D eigenvalue weighted by Gasteiger charge is 2.30. The topological polar surface area (TPSA) is 21.3 Å². The Hall–Kier alpha value is -0.570. The maximum atomic E-state index is 6.21. The Kier molecular flexibility index (Phi) is 6.15. The minimum absolute atomic E-state index is 0.632. The predicted molar refractivity (Wildman–Crippen MR) is 80.9 cm³/mol. The van der Waals surface area contributed by atoms with Crippen LogP contribution in [0.3, 0.4) is 0 Å². The lowest BCUT2D eigenvalue weighted by Crippen LogP contribution is -2.41. The quantitative estimate of drug-likeness (QED) is 0.728. The second-order valence-corrected chi connectivity index (χ2v) is 5.71. The fraction of sp³-hybridized carbons (Fsp3) is 0.625. The largest absolute Gasteiger partial charge is 0.380 e. The molecule has 0 radical (unpaired) electrons. The Morgan fingerprint density at radius 2 is 2.05 bits per heavy atom. The summed E-state index contributed by atoms with van der Waals surface area (Å²) >= 11 is 6.21. The van der Waals surface area contributed by atoms with Gasteiger partial charge >= 0.3 is 0 Å². The first kappa shape index (κ1) is 14.8. The van der Waals surface area contributed by atoms with E-state index >= 15 is 0 Å². The summed E-state index contributed by atoms with van der Waals surface area (Å²) in [5, 5.41) is 4.46. The number of hydrogen-bond donors (Lipinski definition) is 1. The molecule has 0 amide bonds. The number of nitrogens with one attached hydrogen (secondary N) is 1. The zero-order valence-corrected chi connectivity index (χ0v) is 12.5. The van der Waals surface area contributed by atoms with Gasteiger partial charge in [0.15, 0.2) is 0 Å². The average Bonchev–Trinajstić information content (AvgIpc) is 2.37. The molecular formula is C16H24ClNO. The van der Waals surface area contributed by atoms with Crippen molar-refractivity contribution < 1.29 is 4.74 Å². The lowest BCUT2D eigenvalue weighted by atomic mass is 9.76. The van der Waals surface area contributed by atoms with Crippen LogP contribution >= 0.6 is 11.6 Å². The van der Waals surface area contributed by atoms with E-state index in [1.807, 2.05) is 12.1 Å². The molecule has 0 aliphatic heterocycles. The van der Waals surface area contributed by atoms with E-state index < -0.39 is 0 Å². The molecule has 0 bridgehead atoms. The number of rotatable bonds is 8. The van der Waals surface area contributed by atoms with E-state index in [2.05, 4.69) is 24.4 Å². The highest BCUT2D eigenvalue weighted by Crippen LogP contribution is 2.39. The highest BCUT2D eigenvalue weighted by molar-refractivity contribution is 6.31. The zero-order chi connectivity index (χ0) is 13.5. The van der Waals surface area contributed by atoms with Gasteiger partial charge in [-0.1, -0.05) is 43.1 Å². The van der Waals surface area contributed by atoms with Crippen molar-refractivity contribution in [3.8, 4) is 0 Å². The van der Waals surface area contributed by atoms with Gasteiger partial charge in [0.05, 0.1) is 6.61 Å². The van der Waals surface area contributed by atoms with Gasteiger partial charge < -0.3 is 10.1 Å². The molecule has 1 N–H and O–H groups in total. The summed E-state index contributed by atoms with van der Waals surface area (Å²) in [6.45, 7) is 4.87. The third kappa shape index (κ3) is 4.48. The van der Waals surface area contributed by atoms with Crippen molar-refractivity contribution in [3.05, 3.63) is 34.9 Å². The van der Waals surface area contributed by atoms with E-state index in [-0.39, 0.29) is 0 Å². The molecule has 1 saturated carbocycles. The summed E-state index contributed by atoms with van der Waals surface area (Å²) in [5.41, 5.74) is 1.31. The first-order valence-electron chi connectivity index (χ1n) is 7.36. The number of ether oxygens (including phenoxy) is 1. The van der Waals surface area contributed by atoms with Crippen LogP contribution < -0.4 is 5.32 Å². The molecule has 0 saturated heterocycles. The Bertz CT molecular complexity index is 377. The van der Waals surface area contributed by atoms with Crippen LogP contribution in [-0.2, 0) is 4.74 Å². The molecule has 0 aromatic heterocycles. The maximum Gasteiger partial charge on any atom is 0.0591 e. The van der Waals surface area contributed by atoms with Crippen LogP contribution in [0.5, 0.6) is 0 Å². The van der Waals surface area contributed by atoms with E-state index in [0.29, 0.717) is 12.0 Å². The molecule has 1 aromatic carbocycles. The van der Waals surface area contributed by atoms with Gasteiger partial charge in [-0.25, -0.2) is 0 Å². The summed E-state index contributed by atoms with van der Waals surface area (Å²) in [5.74, 6) is 0.632. The highest BCUT2D eigenvalue weighted by atomic mass is 35.5. The molecule has 0 heterocycles. The zero-order valence-electron chi connectivity index (χ0n) is 11.7. The third-order valence-electron chi connectivity index (χ3n) is 3.80. The van der Waals surface area contributed by atoms with Gasteiger partial charge in [0.2, 0.25) is 0 Å². The molecule has 2 rings (SSSR count). The SMILES string of the molecule is CCCCOCCNC1CC(c2ccccc2Cl)C1. The fourth-order valence-electron chi connectivity index (χ4n) is 2.53. The third-order valence-corrected chi connectivity index (χ3v) is 4.15. The van der Waals surface area contributed by atoms with Crippen molar-refractivity contribution in [1.29, 1.82) is 0 Å². The predicted octanol–water partition coefficient (Wildman–Crippen LogP) is 3.99. The fourth-order valence-corrected chi connectivity index (χ4v) is 2.82. The van der Waals surface area contributed by atoms with Gasteiger partial charge in [0, 0.05) is 24.2 Å². The summed E-state index contributed by atoms with van der Waals surface area (Å²) in [6.07, 6.45) is 4.75.